The van der Waals surface area contributed by atoms with Gasteiger partial charge in [-0.3, -0.25) is 23.3 Å². The summed E-state index contributed by atoms with van der Waals surface area (Å²) in [5.74, 6) is 17.2. The molecule has 0 aliphatic heterocycles. The molecule has 0 radical (unpaired) electrons. The fraction of sp³-hybridized carbons (Fsp3) is 0.857. The zero-order valence-corrected chi connectivity index (χ0v) is 53.6. The Morgan fingerprint density at radius 2 is 0.274 bits per heavy atom. The van der Waals surface area contributed by atoms with Gasteiger partial charge in [0.1, 0.15) is 32.3 Å². The first-order chi connectivity index (χ1) is 25.8. The van der Waals surface area contributed by atoms with Gasteiger partial charge in [0.25, 0.3) is 6.15 Å². The first kappa shape index (κ1) is 63.9. The number of hydrogen-bond acceptors (Lipinski definition) is 0. The van der Waals surface area contributed by atoms with Gasteiger partial charge >= 0.3 is 18.9 Å². The van der Waals surface area contributed by atoms with E-state index in [-0.39, 0.29) is 79.3 Å². The molecule has 0 unspecified atom stereocenters. The molecular formula is C56H108BLiSi4. The summed E-state index contributed by atoms with van der Waals surface area (Å²) in [4.78, 5) is 0. The van der Waals surface area contributed by atoms with Crippen LogP contribution in [0.2, 0.25) is 60.5 Å². The first-order valence-corrected chi connectivity index (χ1v) is 32.2. The van der Waals surface area contributed by atoms with Crippen LogP contribution in [0.25, 0.3) is 0 Å². The van der Waals surface area contributed by atoms with E-state index in [0.717, 1.165) is 0 Å². The smallest absolute Gasteiger partial charge is 0.277 e. The Balaban J connectivity index is 0. The second-order valence-electron chi connectivity index (χ2n) is 31.9. The molecule has 0 aromatic rings. The van der Waals surface area contributed by atoms with Crippen LogP contribution in [0.1, 0.15) is 249 Å². The van der Waals surface area contributed by atoms with Gasteiger partial charge in [-0.05, 0) is 60.5 Å². The van der Waals surface area contributed by atoms with Gasteiger partial charge in [-0.15, -0.1) is 0 Å². The third kappa shape index (κ3) is 11.2. The first-order valence-electron chi connectivity index (χ1n) is 24.2. The van der Waals surface area contributed by atoms with Crippen molar-refractivity contribution >= 4 is 38.4 Å². The van der Waals surface area contributed by atoms with Crippen molar-refractivity contribution in [3.8, 4) is 45.5 Å². The molecular weight excluding hydrogens is 803 g/mol. The molecule has 0 fully saturated rings. The van der Waals surface area contributed by atoms with E-state index >= 15 is 0 Å². The molecule has 0 N–H and O–H groups in total. The molecule has 0 nitrogen and oxygen atoms in total. The van der Waals surface area contributed by atoms with Crippen LogP contribution in [0.15, 0.2) is 0 Å². The maximum absolute atomic E-state index is 4.41. The van der Waals surface area contributed by atoms with Crippen LogP contribution in [0.4, 0.5) is 0 Å². The maximum atomic E-state index is 4.41. The van der Waals surface area contributed by atoms with Gasteiger partial charge in [-0.1, -0.05) is 249 Å². The second kappa shape index (κ2) is 18.0. The number of hydrogen-bond donors (Lipinski definition) is 0. The van der Waals surface area contributed by atoms with E-state index in [4.69, 9.17) is 0 Å². The molecule has 0 rings (SSSR count). The van der Waals surface area contributed by atoms with E-state index in [1.165, 1.54) is 0 Å². The normalized spacial score (nSPS) is 15.4. The molecule has 352 valence electrons. The van der Waals surface area contributed by atoms with E-state index in [2.05, 4.69) is 295 Å². The van der Waals surface area contributed by atoms with Gasteiger partial charge in [-0.25, -0.2) is 0 Å². The molecule has 0 aromatic carbocycles. The zero-order chi connectivity index (χ0) is 50.2. The molecule has 0 aromatic heterocycles. The van der Waals surface area contributed by atoms with E-state index in [9.17, 15) is 0 Å². The molecule has 0 aliphatic carbocycles. The van der Waals surface area contributed by atoms with Crippen LogP contribution in [0.3, 0.4) is 0 Å². The molecule has 0 aliphatic rings. The Labute approximate surface area is 409 Å². The second-order valence-corrected chi connectivity index (χ2v) is 56.9. The van der Waals surface area contributed by atoms with E-state index < -0.39 is 38.4 Å². The Hall–Kier alpha value is -0.230. The van der Waals surface area contributed by atoms with Crippen molar-refractivity contribution in [2.45, 2.75) is 310 Å². The standard InChI is InChI=1S/C56H108BSi4.Li/c1-45(2,3)58(46(4,5)6,47(7,8)9)41-37-57(38-42-59(48(10,11)12,49(13,14)15)50(16,17)18,39-43-60(51(19,20)21,52(22,23)24)53(25,26)27)40-44-61(54(28,29)30,55(31,32)33)56(34,35)36;/h1-36H3;/q-1;+1. The van der Waals surface area contributed by atoms with E-state index in [1.54, 1.807) is 0 Å². The van der Waals surface area contributed by atoms with Crippen LogP contribution in [-0.4, -0.2) is 38.4 Å². The van der Waals surface area contributed by atoms with Crippen LogP contribution in [0.5, 0.6) is 0 Å². The van der Waals surface area contributed by atoms with Gasteiger partial charge in [-0.2, -0.15) is 22.2 Å². The van der Waals surface area contributed by atoms with E-state index in [0.29, 0.717) is 0 Å². The molecule has 0 saturated carbocycles. The third-order valence-electron chi connectivity index (χ3n) is 15.4. The summed E-state index contributed by atoms with van der Waals surface area (Å²) >= 11 is 0. The Morgan fingerprint density at radius 3 is 0.339 bits per heavy atom. The van der Waals surface area contributed by atoms with Gasteiger partial charge in [0.05, 0.1) is 0 Å². The average molecular weight is 912 g/mol. The molecule has 0 bridgehead atoms. The van der Waals surface area contributed by atoms with Crippen molar-refractivity contribution in [2.75, 3.05) is 0 Å². The van der Waals surface area contributed by atoms with E-state index in [1.807, 2.05) is 0 Å². The fourth-order valence-corrected chi connectivity index (χ4v) is 50.1. The summed E-state index contributed by atoms with van der Waals surface area (Å²) in [6, 6.07) is 0. The van der Waals surface area contributed by atoms with Gasteiger partial charge in [0.2, 0.25) is 0 Å². The van der Waals surface area contributed by atoms with Crippen LogP contribution in [0, 0.1) is 45.5 Å². The summed E-state index contributed by atoms with van der Waals surface area (Å²) in [6.07, 6.45) is -2.21. The summed E-state index contributed by atoms with van der Waals surface area (Å²) in [5, 5.41) is -0.228. The monoisotopic (exact) mass is 911 g/mol. The van der Waals surface area contributed by atoms with Crippen molar-refractivity contribution in [2.24, 2.45) is 0 Å². The van der Waals surface area contributed by atoms with Gasteiger partial charge < -0.3 is 0 Å². The maximum Gasteiger partial charge on any atom is 1.00 e. The predicted octanol–water partition coefficient (Wildman–Crippen LogP) is 16.2. The molecule has 0 saturated heterocycles. The molecule has 6 heteroatoms. The Bertz CT molecular complexity index is 1400. The van der Waals surface area contributed by atoms with Crippen molar-refractivity contribution in [1.29, 1.82) is 0 Å². The minimum atomic E-state index is -2.58. The number of rotatable bonds is 0. The van der Waals surface area contributed by atoms with Crippen LogP contribution >= 0.6 is 0 Å². The summed E-state index contributed by atoms with van der Waals surface area (Å²) in [7, 11) is -10.3. The molecule has 0 spiro atoms. The van der Waals surface area contributed by atoms with Crippen molar-refractivity contribution in [3.05, 3.63) is 0 Å². The largest absolute Gasteiger partial charge is 1.00 e. The van der Waals surface area contributed by atoms with Crippen molar-refractivity contribution < 1.29 is 18.9 Å². The van der Waals surface area contributed by atoms with Crippen molar-refractivity contribution in [1.82, 2.24) is 0 Å². The minimum absolute atomic E-state index is 0. The van der Waals surface area contributed by atoms with Crippen LogP contribution < -0.4 is 18.9 Å². The topological polar surface area (TPSA) is 0 Å². The zero-order valence-electron chi connectivity index (χ0n) is 49.6. The predicted molar refractivity (Wildman–Crippen MR) is 296 cm³/mol. The summed E-state index contributed by atoms with van der Waals surface area (Å²) < 4.78 is 0. The summed E-state index contributed by atoms with van der Waals surface area (Å²) in [5.41, 5.74) is 17.6. The quantitative estimate of drug-likeness (QED) is 0.168. The fourth-order valence-electron chi connectivity index (χ4n) is 16.8. The van der Waals surface area contributed by atoms with Crippen molar-refractivity contribution in [3.63, 3.8) is 0 Å². The Morgan fingerprint density at radius 1 is 0.194 bits per heavy atom. The molecule has 0 atom stereocenters. The minimum Gasteiger partial charge on any atom is -0.277 e. The SMILES string of the molecule is CC(C)(C)[Si](C#C[B-](C#C[Si](C(C)(C)C)(C(C)(C)C)C(C)(C)C)(C#C[Si](C(C)(C)C)(C(C)(C)C)C(C)(C)C)C#C[Si](C(C)(C)C)(C(C)(C)C)C(C)(C)C)(C(C)(C)C)C(C)(C)C.[Li+]. The third-order valence-corrected chi connectivity index (χ3v) is 44.5. The van der Waals surface area contributed by atoms with Gasteiger partial charge in [0.15, 0.2) is 0 Å². The van der Waals surface area contributed by atoms with Gasteiger partial charge in [0, 0.05) is 0 Å². The molecule has 0 amide bonds. The summed E-state index contributed by atoms with van der Waals surface area (Å²) in [6.45, 7) is 88.7. The molecule has 0 heterocycles. The average Bonchev–Trinajstić information content (AvgIpc) is 2.84. The Kier molecular flexibility index (Phi) is 18.6. The molecule has 62 heavy (non-hydrogen) atoms. The van der Waals surface area contributed by atoms with Crippen LogP contribution in [-0.2, 0) is 0 Å².